The minimum atomic E-state index is -0.813. The third kappa shape index (κ3) is 3.53. The van der Waals surface area contributed by atoms with Gasteiger partial charge in [0.25, 0.3) is 5.56 Å². The van der Waals surface area contributed by atoms with Gasteiger partial charge in [0.1, 0.15) is 15.6 Å². The number of aromatic nitrogens is 6. The van der Waals surface area contributed by atoms with E-state index in [4.69, 9.17) is 5.73 Å². The number of aromatic amines is 1. The van der Waals surface area contributed by atoms with Crippen LogP contribution in [0.1, 0.15) is 10.3 Å². The Balaban J connectivity index is 1.76. The molecule has 4 aromatic rings. The molecule has 142 valence electrons. The Bertz CT molecular complexity index is 1200. The summed E-state index contributed by atoms with van der Waals surface area (Å²) >= 11 is 3.73. The molecule has 9 nitrogen and oxygen atoms in total. The first-order chi connectivity index (χ1) is 13.6. The summed E-state index contributed by atoms with van der Waals surface area (Å²) in [5.74, 6) is -0.590. The summed E-state index contributed by atoms with van der Waals surface area (Å²) in [7, 11) is 0. The van der Waals surface area contributed by atoms with Crippen molar-refractivity contribution in [3.05, 3.63) is 51.9 Å². The molecule has 3 N–H and O–H groups in total. The molecule has 1 unspecified atom stereocenters. The monoisotopic (exact) mass is 431 g/mol. The molecule has 1 aromatic carbocycles. The van der Waals surface area contributed by atoms with Crippen LogP contribution in [0.4, 0.5) is 0 Å². The maximum absolute atomic E-state index is 12.5. The molecule has 1 amide bonds. The molecule has 0 bridgehead atoms. The zero-order valence-electron chi connectivity index (χ0n) is 14.4. The number of nitrogens with one attached hydrogen (secondary N) is 1. The lowest BCUT2D eigenvalue weighted by atomic mass is 10.3. The number of fused-ring (bicyclic) bond motifs is 1. The van der Waals surface area contributed by atoms with E-state index in [0.29, 0.717) is 16.0 Å². The van der Waals surface area contributed by atoms with Crippen LogP contribution in [0, 0.1) is 0 Å². The molecule has 0 aliphatic heterocycles. The molecular weight excluding hydrogens is 418 g/mol. The van der Waals surface area contributed by atoms with E-state index < -0.39 is 11.2 Å². The van der Waals surface area contributed by atoms with Crippen molar-refractivity contribution in [1.82, 2.24) is 29.9 Å². The fourth-order valence-electron chi connectivity index (χ4n) is 2.46. The van der Waals surface area contributed by atoms with Crippen LogP contribution in [0.3, 0.4) is 0 Å². The van der Waals surface area contributed by atoms with Crippen LogP contribution < -0.4 is 11.3 Å². The zero-order chi connectivity index (χ0) is 19.7. The van der Waals surface area contributed by atoms with E-state index in [1.54, 1.807) is 4.68 Å². The summed E-state index contributed by atoms with van der Waals surface area (Å²) in [6, 6.07) is 9.35. The molecular formula is C16H13N7O2S3. The molecule has 0 radical (unpaired) electrons. The smallest absolute Gasteiger partial charge is 0.262 e. The van der Waals surface area contributed by atoms with Gasteiger partial charge in [0.15, 0.2) is 15.1 Å². The maximum Gasteiger partial charge on any atom is 0.262 e. The van der Waals surface area contributed by atoms with Crippen molar-refractivity contribution < 1.29 is 4.79 Å². The van der Waals surface area contributed by atoms with Crippen LogP contribution in [-0.4, -0.2) is 42.1 Å². The second-order valence-corrected chi connectivity index (χ2v) is 8.67. The summed E-state index contributed by atoms with van der Waals surface area (Å²) < 4.78 is 2.30. The lowest BCUT2D eigenvalue weighted by Crippen LogP contribution is -2.20. The van der Waals surface area contributed by atoms with Gasteiger partial charge < -0.3 is 10.7 Å². The fourth-order valence-corrected chi connectivity index (χ4v) is 4.81. The van der Waals surface area contributed by atoms with Crippen molar-refractivity contribution in [2.75, 3.05) is 6.26 Å². The lowest BCUT2D eigenvalue weighted by molar-refractivity contribution is -0.117. The molecule has 0 saturated heterocycles. The van der Waals surface area contributed by atoms with Crippen molar-refractivity contribution in [2.45, 2.75) is 14.7 Å². The van der Waals surface area contributed by atoms with E-state index in [1.807, 2.05) is 36.6 Å². The Morgan fingerprint density at radius 2 is 2.07 bits per heavy atom. The maximum atomic E-state index is 12.5. The SMILES string of the molecule is CSc1nnc(C(Sc2nc3c(cnn3-c3ccccc3)c(=O)[nH]2)C(N)=O)s1. The zero-order valence-corrected chi connectivity index (χ0v) is 16.8. The standard InChI is InChI=1S/C16H13N7O2S3/c1-26-16-22-21-14(28-16)10(11(17)24)27-15-19-12-9(13(25)20-15)7-18-23(12)8-5-3-2-4-6-8/h2-7,10H,1H3,(H2,17,24)(H,19,20,25). The van der Waals surface area contributed by atoms with Crippen molar-refractivity contribution in [3.63, 3.8) is 0 Å². The molecule has 12 heteroatoms. The van der Waals surface area contributed by atoms with Gasteiger partial charge in [0, 0.05) is 0 Å². The number of hydrogen-bond donors (Lipinski definition) is 2. The Labute approximate surface area is 170 Å². The number of primary amides is 1. The summed E-state index contributed by atoms with van der Waals surface area (Å²) in [5.41, 5.74) is 6.37. The molecule has 3 aromatic heterocycles. The average Bonchev–Trinajstić information content (AvgIpc) is 3.34. The number of amides is 1. The highest BCUT2D eigenvalue weighted by Crippen LogP contribution is 2.36. The number of benzene rings is 1. The first kappa shape index (κ1) is 18.7. The number of thioether (sulfide) groups is 2. The van der Waals surface area contributed by atoms with Gasteiger partial charge in [-0.1, -0.05) is 53.1 Å². The number of nitrogens with two attached hydrogens (primary N) is 1. The van der Waals surface area contributed by atoms with Crippen LogP contribution in [-0.2, 0) is 4.79 Å². The van der Waals surface area contributed by atoms with Crippen molar-refractivity contribution >= 4 is 51.8 Å². The summed E-state index contributed by atoms with van der Waals surface area (Å²) in [6.45, 7) is 0. The molecule has 28 heavy (non-hydrogen) atoms. The van der Waals surface area contributed by atoms with Gasteiger partial charge in [-0.2, -0.15) is 5.10 Å². The van der Waals surface area contributed by atoms with Crippen molar-refractivity contribution in [1.29, 1.82) is 0 Å². The third-order valence-corrected chi connectivity index (χ3v) is 6.95. The lowest BCUT2D eigenvalue weighted by Gasteiger charge is -2.09. The van der Waals surface area contributed by atoms with Crippen molar-refractivity contribution in [2.24, 2.45) is 5.73 Å². The first-order valence-corrected chi connectivity index (χ1v) is 10.9. The van der Waals surface area contributed by atoms with Gasteiger partial charge in [0.05, 0.1) is 11.9 Å². The van der Waals surface area contributed by atoms with E-state index in [0.717, 1.165) is 21.8 Å². The Morgan fingerprint density at radius 3 is 2.75 bits per heavy atom. The summed E-state index contributed by atoms with van der Waals surface area (Å²) in [5, 5.41) is 12.5. The van der Waals surface area contributed by atoms with Gasteiger partial charge in [-0.25, -0.2) is 9.67 Å². The number of rotatable bonds is 6. The molecule has 0 aliphatic carbocycles. The first-order valence-electron chi connectivity index (χ1n) is 7.93. The highest BCUT2D eigenvalue weighted by Gasteiger charge is 2.26. The minimum Gasteiger partial charge on any atom is -0.368 e. The number of carbonyl (C=O) groups is 1. The second kappa shape index (κ2) is 7.73. The quantitative estimate of drug-likeness (QED) is 0.350. The molecule has 1 atom stereocenters. The Kier molecular flexibility index (Phi) is 5.15. The number of hydrogen-bond acceptors (Lipinski definition) is 9. The van der Waals surface area contributed by atoms with Gasteiger partial charge in [-0.05, 0) is 18.4 Å². The summed E-state index contributed by atoms with van der Waals surface area (Å²) in [6.07, 6.45) is 3.33. The number of para-hydroxylation sites is 1. The highest BCUT2D eigenvalue weighted by atomic mass is 32.2. The van der Waals surface area contributed by atoms with Crippen LogP contribution in [0.15, 0.2) is 50.8 Å². The topological polar surface area (TPSA) is 132 Å². The van der Waals surface area contributed by atoms with Gasteiger partial charge >= 0.3 is 0 Å². The largest absolute Gasteiger partial charge is 0.368 e. The van der Waals surface area contributed by atoms with Crippen LogP contribution in [0.5, 0.6) is 0 Å². The second-order valence-electron chi connectivity index (χ2n) is 5.51. The van der Waals surface area contributed by atoms with Crippen LogP contribution >= 0.6 is 34.9 Å². The summed E-state index contributed by atoms with van der Waals surface area (Å²) in [4.78, 5) is 31.6. The van der Waals surface area contributed by atoms with Crippen LogP contribution in [0.25, 0.3) is 16.7 Å². The van der Waals surface area contributed by atoms with Gasteiger partial charge in [-0.3, -0.25) is 9.59 Å². The number of nitrogens with zero attached hydrogens (tertiary/aromatic N) is 5. The number of H-pyrrole nitrogens is 1. The molecule has 0 aliphatic rings. The molecule has 3 heterocycles. The Hall–Kier alpha value is -2.70. The third-order valence-electron chi connectivity index (χ3n) is 3.73. The normalized spacial score (nSPS) is 12.3. The van der Waals surface area contributed by atoms with E-state index >= 15 is 0 Å². The van der Waals surface area contributed by atoms with Gasteiger partial charge in [0.2, 0.25) is 5.91 Å². The van der Waals surface area contributed by atoms with E-state index in [2.05, 4.69) is 25.3 Å². The molecule has 0 fully saturated rings. The highest BCUT2D eigenvalue weighted by molar-refractivity contribution is 8.01. The fraction of sp³-hybridized carbons (Fsp3) is 0.125. The average molecular weight is 432 g/mol. The predicted octanol–water partition coefficient (Wildman–Crippen LogP) is 2.00. The van der Waals surface area contributed by atoms with E-state index in [1.165, 1.54) is 29.3 Å². The predicted molar refractivity (Wildman–Crippen MR) is 109 cm³/mol. The molecule has 0 saturated carbocycles. The van der Waals surface area contributed by atoms with Crippen LogP contribution in [0.2, 0.25) is 0 Å². The molecule has 4 rings (SSSR count). The Morgan fingerprint density at radius 1 is 1.29 bits per heavy atom. The van der Waals surface area contributed by atoms with E-state index in [9.17, 15) is 9.59 Å². The number of carbonyl (C=O) groups excluding carboxylic acids is 1. The molecule has 0 spiro atoms. The minimum absolute atomic E-state index is 0.250. The van der Waals surface area contributed by atoms with Crippen molar-refractivity contribution in [3.8, 4) is 5.69 Å². The van der Waals surface area contributed by atoms with Gasteiger partial charge in [-0.15, -0.1) is 10.2 Å². The van der Waals surface area contributed by atoms with E-state index in [-0.39, 0.29) is 10.7 Å².